The molecule has 0 aromatic carbocycles. The van der Waals surface area contributed by atoms with Crippen molar-refractivity contribution < 1.29 is 4.74 Å². The third-order valence-electron chi connectivity index (χ3n) is 5.22. The maximum atomic E-state index is 5.87. The molecular weight excluding hydrogens is 361 g/mol. The predicted octanol–water partition coefficient (Wildman–Crippen LogP) is 2.65. The highest BCUT2D eigenvalue weighted by molar-refractivity contribution is 5.85. The van der Waals surface area contributed by atoms with E-state index < -0.39 is 0 Å². The smallest absolute Gasteiger partial charge is 0.233 e. The molecule has 0 radical (unpaired) electrons. The summed E-state index contributed by atoms with van der Waals surface area (Å²) in [5, 5.41) is 16.2. The second-order valence-electron chi connectivity index (χ2n) is 6.88. The lowest BCUT2D eigenvalue weighted by Crippen LogP contribution is -2.16. The normalized spacial score (nSPS) is 24.3. The van der Waals surface area contributed by atoms with Crippen molar-refractivity contribution in [3.63, 3.8) is 0 Å². The monoisotopic (exact) mass is 385 g/mol. The van der Waals surface area contributed by atoms with Gasteiger partial charge < -0.3 is 10.1 Å². The van der Waals surface area contributed by atoms with Crippen LogP contribution in [0, 0.1) is 24.7 Å². The molecule has 2 aromatic rings. The molecule has 2 aromatic heterocycles. The summed E-state index contributed by atoms with van der Waals surface area (Å²) < 4.78 is 7.70. The number of hydrogen-bond donors (Lipinski definition) is 1. The molecule has 2 aliphatic rings. The van der Waals surface area contributed by atoms with E-state index in [1.165, 1.54) is 25.9 Å². The molecule has 0 spiro atoms. The van der Waals surface area contributed by atoms with E-state index in [2.05, 4.69) is 20.6 Å². The van der Waals surface area contributed by atoms with E-state index in [0.29, 0.717) is 11.8 Å². The molecule has 0 bridgehead atoms. The van der Waals surface area contributed by atoms with E-state index in [9.17, 15) is 0 Å². The van der Waals surface area contributed by atoms with Crippen molar-refractivity contribution in [2.24, 2.45) is 24.8 Å². The van der Waals surface area contributed by atoms with Crippen molar-refractivity contribution in [1.29, 1.82) is 0 Å². The maximum absolute atomic E-state index is 5.87. The SMILES string of the molecule is Cc1cnn(C)c1-c1ccc(OCC2C[C@H]3CNC[C@H]3C2)nn1.Cl.Cl. The Morgan fingerprint density at radius 2 is 1.88 bits per heavy atom. The highest BCUT2D eigenvalue weighted by atomic mass is 35.5. The van der Waals surface area contributed by atoms with Crippen LogP contribution in [0.1, 0.15) is 18.4 Å². The molecule has 138 valence electrons. The highest BCUT2D eigenvalue weighted by Crippen LogP contribution is 2.38. The van der Waals surface area contributed by atoms with E-state index in [0.717, 1.165) is 35.4 Å². The predicted molar refractivity (Wildman–Crippen MR) is 102 cm³/mol. The number of halogens is 2. The van der Waals surface area contributed by atoms with Gasteiger partial charge in [-0.15, -0.1) is 35.0 Å². The van der Waals surface area contributed by atoms with Gasteiger partial charge in [0.1, 0.15) is 5.69 Å². The molecule has 1 aliphatic heterocycles. The van der Waals surface area contributed by atoms with Crippen molar-refractivity contribution in [2.45, 2.75) is 19.8 Å². The Balaban J connectivity index is 0.00000113. The van der Waals surface area contributed by atoms with Crippen LogP contribution in [0.4, 0.5) is 0 Å². The van der Waals surface area contributed by atoms with Crippen LogP contribution in [0.2, 0.25) is 0 Å². The van der Waals surface area contributed by atoms with Crippen LogP contribution in [0.3, 0.4) is 0 Å². The van der Waals surface area contributed by atoms with Gasteiger partial charge in [0.25, 0.3) is 0 Å². The van der Waals surface area contributed by atoms with E-state index in [1.54, 1.807) is 0 Å². The number of ether oxygens (including phenoxy) is 1. The molecule has 2 fully saturated rings. The highest BCUT2D eigenvalue weighted by Gasteiger charge is 2.37. The van der Waals surface area contributed by atoms with Gasteiger partial charge in [0.2, 0.25) is 5.88 Å². The number of aryl methyl sites for hydroxylation is 2. The van der Waals surface area contributed by atoms with Crippen LogP contribution in [-0.2, 0) is 7.05 Å². The average Bonchev–Trinajstić information content (AvgIpc) is 3.21. The molecule has 6 nitrogen and oxygen atoms in total. The van der Waals surface area contributed by atoms with Gasteiger partial charge in [0, 0.05) is 13.1 Å². The van der Waals surface area contributed by atoms with Gasteiger partial charge in [-0.3, -0.25) is 4.68 Å². The molecule has 25 heavy (non-hydrogen) atoms. The van der Waals surface area contributed by atoms with E-state index in [1.807, 2.05) is 37.0 Å². The maximum Gasteiger partial charge on any atom is 0.233 e. The van der Waals surface area contributed by atoms with E-state index in [4.69, 9.17) is 4.74 Å². The zero-order valence-corrected chi connectivity index (χ0v) is 16.1. The van der Waals surface area contributed by atoms with E-state index in [-0.39, 0.29) is 24.8 Å². The van der Waals surface area contributed by atoms with Gasteiger partial charge >= 0.3 is 0 Å². The fraction of sp³-hybridized carbons (Fsp3) is 0.588. The van der Waals surface area contributed by atoms with Crippen LogP contribution < -0.4 is 10.1 Å². The van der Waals surface area contributed by atoms with Gasteiger partial charge in [0.05, 0.1) is 18.5 Å². The van der Waals surface area contributed by atoms with Crippen molar-refractivity contribution in [2.75, 3.05) is 19.7 Å². The zero-order valence-electron chi connectivity index (χ0n) is 14.5. The van der Waals surface area contributed by atoms with E-state index >= 15 is 0 Å². The molecule has 1 aliphatic carbocycles. The molecule has 3 atom stereocenters. The minimum absolute atomic E-state index is 0. The summed E-state index contributed by atoms with van der Waals surface area (Å²) in [6.45, 7) is 5.14. The molecule has 4 rings (SSSR count). The first-order valence-electron chi connectivity index (χ1n) is 8.37. The minimum Gasteiger partial charge on any atom is -0.476 e. The standard InChI is InChI=1S/C17H23N5O.2ClH/c1-11-7-19-22(2)17(11)15-3-4-16(21-20-15)23-10-12-5-13-8-18-9-14(13)6-12;;/h3-4,7,12-14,18H,5-6,8-10H2,1-2H3;2*1H/t12?,13-,14+;;. The third-order valence-corrected chi connectivity index (χ3v) is 5.22. The Morgan fingerprint density at radius 1 is 1.16 bits per heavy atom. The largest absolute Gasteiger partial charge is 0.476 e. The van der Waals surface area contributed by atoms with Crippen LogP contribution in [0.25, 0.3) is 11.4 Å². The van der Waals surface area contributed by atoms with Crippen molar-refractivity contribution in [1.82, 2.24) is 25.3 Å². The van der Waals surface area contributed by atoms with Crippen molar-refractivity contribution >= 4 is 24.8 Å². The molecular formula is C17H25Cl2N5O. The summed E-state index contributed by atoms with van der Waals surface area (Å²) in [4.78, 5) is 0. The number of fused-ring (bicyclic) bond motifs is 1. The number of hydrogen-bond acceptors (Lipinski definition) is 5. The van der Waals surface area contributed by atoms with Crippen molar-refractivity contribution in [3.05, 3.63) is 23.9 Å². The summed E-state index contributed by atoms with van der Waals surface area (Å²) in [6.07, 6.45) is 4.39. The second-order valence-corrected chi connectivity index (χ2v) is 6.88. The van der Waals surface area contributed by atoms with Crippen LogP contribution in [-0.4, -0.2) is 39.7 Å². The Kier molecular flexibility index (Phi) is 6.65. The Labute approximate surface area is 160 Å². The lowest BCUT2D eigenvalue weighted by Gasteiger charge is -2.12. The number of nitrogens with one attached hydrogen (secondary N) is 1. The zero-order chi connectivity index (χ0) is 15.8. The first kappa shape index (κ1) is 19.9. The number of rotatable bonds is 4. The van der Waals surface area contributed by atoms with Gasteiger partial charge in [-0.25, -0.2) is 0 Å². The Hall–Kier alpha value is -1.37. The van der Waals surface area contributed by atoms with Crippen molar-refractivity contribution in [3.8, 4) is 17.3 Å². The average molecular weight is 386 g/mol. The summed E-state index contributed by atoms with van der Waals surface area (Å²) in [7, 11) is 1.92. The molecule has 0 amide bonds. The molecule has 1 unspecified atom stereocenters. The summed E-state index contributed by atoms with van der Waals surface area (Å²) >= 11 is 0. The fourth-order valence-electron chi connectivity index (χ4n) is 4.07. The van der Waals surface area contributed by atoms with Gasteiger partial charge in [-0.1, -0.05) is 0 Å². The topological polar surface area (TPSA) is 64.9 Å². The molecule has 1 saturated heterocycles. The lowest BCUT2D eigenvalue weighted by molar-refractivity contribution is 0.234. The summed E-state index contributed by atoms with van der Waals surface area (Å²) in [6, 6.07) is 3.87. The fourth-order valence-corrected chi connectivity index (χ4v) is 4.07. The Morgan fingerprint density at radius 3 is 2.44 bits per heavy atom. The van der Waals surface area contributed by atoms with Crippen LogP contribution in [0.5, 0.6) is 5.88 Å². The first-order chi connectivity index (χ1) is 11.2. The molecule has 8 heteroatoms. The first-order valence-corrected chi connectivity index (χ1v) is 8.37. The number of nitrogens with zero attached hydrogens (tertiary/aromatic N) is 4. The van der Waals surface area contributed by atoms with Gasteiger partial charge in [0.15, 0.2) is 0 Å². The quantitative estimate of drug-likeness (QED) is 0.875. The number of aromatic nitrogens is 4. The summed E-state index contributed by atoms with van der Waals surface area (Å²) in [5.41, 5.74) is 2.93. The lowest BCUT2D eigenvalue weighted by atomic mass is 10.0. The second kappa shape index (κ2) is 8.34. The van der Waals surface area contributed by atoms with Crippen LogP contribution >= 0.6 is 24.8 Å². The minimum atomic E-state index is 0. The van der Waals surface area contributed by atoms with Crippen LogP contribution in [0.15, 0.2) is 18.3 Å². The summed E-state index contributed by atoms with van der Waals surface area (Å²) in [5.74, 6) is 2.98. The Bertz CT molecular complexity index is 659. The third kappa shape index (κ3) is 4.07. The molecule has 1 saturated carbocycles. The van der Waals surface area contributed by atoms with Gasteiger partial charge in [-0.2, -0.15) is 5.10 Å². The molecule has 1 N–H and O–H groups in total. The molecule has 3 heterocycles. The van der Waals surface area contributed by atoms with Gasteiger partial charge in [-0.05, 0) is 62.2 Å².